The number of anilines is 1. The number of ether oxygens (including phenoxy) is 2. The first-order valence-corrected chi connectivity index (χ1v) is 13.2. The molecule has 4 rings (SSSR count). The molecule has 34 heavy (non-hydrogen) atoms. The van der Waals surface area contributed by atoms with Crippen molar-refractivity contribution in [2.45, 2.75) is 33.1 Å². The maximum atomic E-state index is 13.6. The average Bonchev–Trinajstić information content (AvgIpc) is 3.32. The number of unbranched alkanes of at least 4 members (excludes halogenated alkanes) is 1. The van der Waals surface area contributed by atoms with E-state index in [9.17, 15) is 4.79 Å². The van der Waals surface area contributed by atoms with Crippen molar-refractivity contribution in [2.24, 2.45) is 0 Å². The number of amides is 1. The molecule has 1 fully saturated rings. The number of benzene rings is 2. The number of aryl methyl sites for hydroxylation is 1. The average molecular weight is 502 g/mol. The second kappa shape index (κ2) is 12.0. The Balaban J connectivity index is 1.55. The van der Waals surface area contributed by atoms with Crippen LogP contribution < -0.4 is 9.64 Å². The fraction of sp³-hybridized carbons (Fsp3) is 0.462. The van der Waals surface area contributed by atoms with Crippen molar-refractivity contribution in [3.8, 4) is 5.75 Å². The SMILES string of the molecule is CCCCOc1ccc(C(=O)N(CCCN2CCOCC2)c2nc3c(C)ccc(Cl)c3s2)cc1. The van der Waals surface area contributed by atoms with E-state index in [1.54, 1.807) is 4.90 Å². The van der Waals surface area contributed by atoms with Crippen molar-refractivity contribution in [1.82, 2.24) is 9.88 Å². The zero-order valence-electron chi connectivity index (χ0n) is 19.9. The molecule has 2 heterocycles. The first-order chi connectivity index (χ1) is 16.6. The number of carbonyl (C=O) groups excluding carboxylic acids is 1. The topological polar surface area (TPSA) is 54.9 Å². The number of aromatic nitrogens is 1. The van der Waals surface area contributed by atoms with E-state index in [1.807, 2.05) is 43.3 Å². The number of halogens is 1. The highest BCUT2D eigenvalue weighted by molar-refractivity contribution is 7.23. The standard InChI is InChI=1S/C26H32ClN3O3S/c1-3-4-16-33-21-9-7-20(8-10-21)25(31)30(13-5-12-29-14-17-32-18-15-29)26-28-23-19(2)6-11-22(27)24(23)34-26/h6-11H,3-5,12-18H2,1-2H3. The normalized spacial score (nSPS) is 14.4. The van der Waals surface area contributed by atoms with Gasteiger partial charge in [0.2, 0.25) is 0 Å². The molecule has 0 atom stereocenters. The number of thiazole rings is 1. The summed E-state index contributed by atoms with van der Waals surface area (Å²) in [6.07, 6.45) is 2.95. The molecule has 1 aliphatic heterocycles. The van der Waals surface area contributed by atoms with Gasteiger partial charge >= 0.3 is 0 Å². The van der Waals surface area contributed by atoms with Crippen LogP contribution in [0.1, 0.15) is 42.1 Å². The van der Waals surface area contributed by atoms with Gasteiger partial charge in [0.1, 0.15) is 5.75 Å². The van der Waals surface area contributed by atoms with E-state index in [4.69, 9.17) is 26.1 Å². The van der Waals surface area contributed by atoms with Crippen LogP contribution in [0.4, 0.5) is 5.13 Å². The first-order valence-electron chi connectivity index (χ1n) is 12.0. The van der Waals surface area contributed by atoms with Crippen molar-refractivity contribution in [3.63, 3.8) is 0 Å². The summed E-state index contributed by atoms with van der Waals surface area (Å²) in [5.74, 6) is 0.723. The zero-order valence-corrected chi connectivity index (χ0v) is 21.5. The Morgan fingerprint density at radius 3 is 2.65 bits per heavy atom. The van der Waals surface area contributed by atoms with Gasteiger partial charge in [-0.3, -0.25) is 14.6 Å². The molecule has 1 saturated heterocycles. The number of morpholine rings is 1. The van der Waals surface area contributed by atoms with E-state index in [1.165, 1.54) is 11.3 Å². The van der Waals surface area contributed by atoms with Crippen LogP contribution in [0.25, 0.3) is 10.2 Å². The Hall–Kier alpha value is -2.19. The molecule has 1 amide bonds. The van der Waals surface area contributed by atoms with Gasteiger partial charge in [0.05, 0.1) is 35.1 Å². The largest absolute Gasteiger partial charge is 0.494 e. The number of rotatable bonds is 10. The smallest absolute Gasteiger partial charge is 0.260 e. The lowest BCUT2D eigenvalue weighted by Gasteiger charge is -2.27. The summed E-state index contributed by atoms with van der Waals surface area (Å²) < 4.78 is 12.1. The molecule has 182 valence electrons. The summed E-state index contributed by atoms with van der Waals surface area (Å²) in [4.78, 5) is 22.6. The molecule has 0 unspecified atom stereocenters. The Labute approximate surface area is 210 Å². The summed E-state index contributed by atoms with van der Waals surface area (Å²) in [5, 5.41) is 1.35. The second-order valence-electron chi connectivity index (χ2n) is 8.53. The zero-order chi connectivity index (χ0) is 23.9. The quantitative estimate of drug-likeness (QED) is 0.328. The molecule has 1 aliphatic rings. The maximum absolute atomic E-state index is 13.6. The van der Waals surface area contributed by atoms with Crippen LogP contribution in [0.3, 0.4) is 0 Å². The van der Waals surface area contributed by atoms with E-state index < -0.39 is 0 Å². The van der Waals surface area contributed by atoms with Crippen LogP contribution in [0.2, 0.25) is 5.02 Å². The summed E-state index contributed by atoms with van der Waals surface area (Å²) in [6, 6.07) is 11.3. The predicted molar refractivity (Wildman–Crippen MR) is 140 cm³/mol. The molecule has 0 aliphatic carbocycles. The lowest BCUT2D eigenvalue weighted by atomic mass is 10.2. The van der Waals surface area contributed by atoms with Gasteiger partial charge in [-0.15, -0.1) is 0 Å². The molecule has 0 radical (unpaired) electrons. The van der Waals surface area contributed by atoms with E-state index in [0.29, 0.717) is 28.9 Å². The molecule has 6 nitrogen and oxygen atoms in total. The third-order valence-electron chi connectivity index (χ3n) is 5.99. The Morgan fingerprint density at radius 2 is 1.94 bits per heavy atom. The third kappa shape index (κ3) is 6.08. The fourth-order valence-electron chi connectivity index (χ4n) is 3.95. The number of hydrogen-bond donors (Lipinski definition) is 0. The summed E-state index contributed by atoms with van der Waals surface area (Å²) in [7, 11) is 0. The Bertz CT molecular complexity index is 1060. The highest BCUT2D eigenvalue weighted by Gasteiger charge is 2.23. The van der Waals surface area contributed by atoms with Crippen LogP contribution in [-0.4, -0.2) is 61.8 Å². The molecule has 8 heteroatoms. The molecule has 0 saturated carbocycles. The number of hydrogen-bond acceptors (Lipinski definition) is 6. The molecule has 0 N–H and O–H groups in total. The van der Waals surface area contributed by atoms with Gasteiger partial charge in [-0.2, -0.15) is 0 Å². The van der Waals surface area contributed by atoms with Gasteiger partial charge in [0, 0.05) is 31.7 Å². The molecule has 1 aromatic heterocycles. The monoisotopic (exact) mass is 501 g/mol. The number of carbonyl (C=O) groups is 1. The molecular weight excluding hydrogens is 470 g/mol. The second-order valence-corrected chi connectivity index (χ2v) is 9.91. The minimum atomic E-state index is -0.0603. The molecule has 3 aromatic rings. The van der Waals surface area contributed by atoms with E-state index in [-0.39, 0.29) is 5.91 Å². The van der Waals surface area contributed by atoms with Crippen molar-refractivity contribution in [3.05, 3.63) is 52.5 Å². The maximum Gasteiger partial charge on any atom is 0.260 e. The molecular formula is C26H32ClN3O3S. The minimum Gasteiger partial charge on any atom is -0.494 e. The third-order valence-corrected chi connectivity index (χ3v) is 7.53. The van der Waals surface area contributed by atoms with Gasteiger partial charge in [0.15, 0.2) is 5.13 Å². The number of fused-ring (bicyclic) bond motifs is 1. The first kappa shape index (κ1) is 24.9. The lowest BCUT2D eigenvalue weighted by Crippen LogP contribution is -2.39. The van der Waals surface area contributed by atoms with Gasteiger partial charge in [-0.1, -0.05) is 42.3 Å². The van der Waals surface area contributed by atoms with E-state index >= 15 is 0 Å². The van der Waals surface area contributed by atoms with Gasteiger partial charge in [0.25, 0.3) is 5.91 Å². The van der Waals surface area contributed by atoms with Crippen molar-refractivity contribution in [2.75, 3.05) is 50.9 Å². The van der Waals surface area contributed by atoms with Gasteiger partial charge in [-0.05, 0) is 55.7 Å². The summed E-state index contributed by atoms with van der Waals surface area (Å²) in [5.41, 5.74) is 2.53. The molecule has 2 aromatic carbocycles. The van der Waals surface area contributed by atoms with Crippen LogP contribution in [-0.2, 0) is 4.74 Å². The minimum absolute atomic E-state index is 0.0603. The summed E-state index contributed by atoms with van der Waals surface area (Å²) in [6.45, 7) is 9.74. The summed E-state index contributed by atoms with van der Waals surface area (Å²) >= 11 is 7.93. The van der Waals surface area contributed by atoms with E-state index in [0.717, 1.165) is 73.6 Å². The number of nitrogens with zero attached hydrogens (tertiary/aromatic N) is 3. The van der Waals surface area contributed by atoms with Gasteiger partial charge < -0.3 is 9.47 Å². The van der Waals surface area contributed by atoms with Crippen molar-refractivity contribution >= 4 is 44.2 Å². The Morgan fingerprint density at radius 1 is 1.18 bits per heavy atom. The highest BCUT2D eigenvalue weighted by atomic mass is 35.5. The lowest BCUT2D eigenvalue weighted by molar-refractivity contribution is 0.0376. The fourth-order valence-corrected chi connectivity index (χ4v) is 5.29. The van der Waals surface area contributed by atoms with Crippen LogP contribution in [0.5, 0.6) is 5.75 Å². The van der Waals surface area contributed by atoms with Crippen molar-refractivity contribution < 1.29 is 14.3 Å². The predicted octanol–water partition coefficient (Wildman–Crippen LogP) is 5.81. The van der Waals surface area contributed by atoms with Crippen LogP contribution in [0, 0.1) is 6.92 Å². The van der Waals surface area contributed by atoms with E-state index in [2.05, 4.69) is 11.8 Å². The molecule has 0 spiro atoms. The Kier molecular flexibility index (Phi) is 8.78. The van der Waals surface area contributed by atoms with Crippen LogP contribution in [0.15, 0.2) is 36.4 Å². The molecule has 0 bridgehead atoms. The van der Waals surface area contributed by atoms with Crippen molar-refractivity contribution in [1.29, 1.82) is 0 Å². The van der Waals surface area contributed by atoms with Gasteiger partial charge in [-0.25, -0.2) is 4.98 Å². The van der Waals surface area contributed by atoms with Crippen LogP contribution >= 0.6 is 22.9 Å². The highest BCUT2D eigenvalue weighted by Crippen LogP contribution is 2.36.